The Labute approximate surface area is 144 Å². The Morgan fingerprint density at radius 3 is 2.54 bits per heavy atom. The van der Waals surface area contributed by atoms with Crippen LogP contribution in [0.1, 0.15) is 17.3 Å². The summed E-state index contributed by atoms with van der Waals surface area (Å²) in [4.78, 5) is 6.13. The third-order valence-corrected chi connectivity index (χ3v) is 4.18. The molecule has 2 atom stereocenters. The van der Waals surface area contributed by atoms with Crippen LogP contribution in [0.15, 0.2) is 42.7 Å². The van der Waals surface area contributed by atoms with E-state index in [1.54, 1.807) is 0 Å². The van der Waals surface area contributed by atoms with E-state index in [0.717, 1.165) is 11.1 Å². The lowest BCUT2D eigenvalue weighted by atomic mass is 9.95. The van der Waals surface area contributed by atoms with Gasteiger partial charge in [0.05, 0.1) is 6.54 Å². The maximum absolute atomic E-state index is 12.6. The van der Waals surface area contributed by atoms with Crippen LogP contribution < -0.4 is 5.73 Å². The topological polar surface area (TPSA) is 47.1 Å². The van der Waals surface area contributed by atoms with Gasteiger partial charge in [0.1, 0.15) is 12.4 Å². The average molecular weight is 361 g/mol. The Bertz CT molecular complexity index is 644. The summed E-state index contributed by atoms with van der Waals surface area (Å²) in [6.07, 6.45) is -1.47. The summed E-state index contributed by atoms with van der Waals surface area (Å²) in [6.45, 7) is 0.743. The van der Waals surface area contributed by atoms with Crippen molar-refractivity contribution in [1.82, 2.24) is 14.5 Å². The first kappa shape index (κ1) is 18.8. The summed E-state index contributed by atoms with van der Waals surface area (Å²) in [7, 11) is 0. The highest BCUT2D eigenvalue weighted by Gasteiger charge is 2.33. The molecule has 1 fully saturated rings. The molecule has 3 rings (SSSR count). The molecule has 2 aromatic rings. The molecular weight excluding hydrogens is 341 g/mol. The van der Waals surface area contributed by atoms with Crippen LogP contribution in [0.3, 0.4) is 0 Å². The van der Waals surface area contributed by atoms with Crippen molar-refractivity contribution in [3.05, 3.63) is 54.1 Å². The number of likely N-dealkylation sites (tertiary alicyclic amines) is 1. The smallest absolute Gasteiger partial charge is 0.326 e. The van der Waals surface area contributed by atoms with E-state index in [2.05, 4.69) is 9.88 Å². The van der Waals surface area contributed by atoms with Gasteiger partial charge in [0, 0.05) is 37.4 Å². The molecule has 0 aliphatic carbocycles. The Kier molecular flexibility index (Phi) is 5.90. The fraction of sp³-hybridized carbons (Fsp3) is 0.438. The molecule has 1 saturated heterocycles. The molecule has 0 saturated carbocycles. The highest BCUT2D eigenvalue weighted by molar-refractivity contribution is 5.85. The van der Waals surface area contributed by atoms with E-state index < -0.39 is 12.7 Å². The molecular formula is C16H20ClF3N4. The van der Waals surface area contributed by atoms with Crippen molar-refractivity contribution in [3.8, 4) is 0 Å². The van der Waals surface area contributed by atoms with Gasteiger partial charge in [0.2, 0.25) is 0 Å². The van der Waals surface area contributed by atoms with Gasteiger partial charge >= 0.3 is 6.18 Å². The van der Waals surface area contributed by atoms with Crippen LogP contribution in [0, 0.1) is 0 Å². The molecule has 0 spiro atoms. The molecule has 1 aliphatic rings. The van der Waals surface area contributed by atoms with Crippen LogP contribution in [0.25, 0.3) is 0 Å². The Morgan fingerprint density at radius 1 is 1.17 bits per heavy atom. The molecule has 1 aromatic heterocycles. The zero-order valence-corrected chi connectivity index (χ0v) is 13.8. The Balaban J connectivity index is 0.00000208. The van der Waals surface area contributed by atoms with Crippen LogP contribution >= 0.6 is 12.4 Å². The molecule has 2 heterocycles. The van der Waals surface area contributed by atoms with Crippen molar-refractivity contribution in [2.75, 3.05) is 13.1 Å². The third kappa shape index (κ3) is 4.49. The van der Waals surface area contributed by atoms with Crippen LogP contribution in [-0.2, 0) is 13.1 Å². The number of rotatable bonds is 4. The molecule has 24 heavy (non-hydrogen) atoms. The SMILES string of the molecule is Cl.N[C@@H]1CN(Cc2nccn2CC(F)(F)F)C[C@H]1c1ccccc1. The van der Waals surface area contributed by atoms with Gasteiger partial charge in [-0.1, -0.05) is 30.3 Å². The minimum atomic E-state index is -4.25. The monoisotopic (exact) mass is 360 g/mol. The largest absolute Gasteiger partial charge is 0.406 e. The average Bonchev–Trinajstić information content (AvgIpc) is 3.06. The molecule has 8 heteroatoms. The number of benzene rings is 1. The molecule has 2 N–H and O–H groups in total. The van der Waals surface area contributed by atoms with Crippen molar-refractivity contribution >= 4 is 12.4 Å². The number of hydrogen-bond acceptors (Lipinski definition) is 3. The summed E-state index contributed by atoms with van der Waals surface area (Å²) in [5.74, 6) is 0.616. The van der Waals surface area contributed by atoms with Gasteiger partial charge in [-0.2, -0.15) is 13.2 Å². The first-order valence-corrected chi connectivity index (χ1v) is 7.52. The number of aromatic nitrogens is 2. The molecule has 0 bridgehead atoms. The fourth-order valence-corrected chi connectivity index (χ4v) is 3.12. The predicted molar refractivity (Wildman–Crippen MR) is 88.0 cm³/mol. The van der Waals surface area contributed by atoms with E-state index in [1.807, 2.05) is 30.3 Å². The minimum Gasteiger partial charge on any atom is -0.326 e. The predicted octanol–water partition coefficient (Wildman–Crippen LogP) is 2.79. The van der Waals surface area contributed by atoms with Crippen LogP contribution in [0.4, 0.5) is 13.2 Å². The molecule has 132 valence electrons. The molecule has 1 aliphatic heterocycles. The van der Waals surface area contributed by atoms with Gasteiger partial charge in [-0.05, 0) is 5.56 Å². The molecule has 0 unspecified atom stereocenters. The summed E-state index contributed by atoms with van der Waals surface area (Å²) >= 11 is 0. The van der Waals surface area contributed by atoms with Crippen LogP contribution in [0.2, 0.25) is 0 Å². The van der Waals surface area contributed by atoms with Crippen molar-refractivity contribution in [2.24, 2.45) is 5.73 Å². The standard InChI is InChI=1S/C16H19F3N4.ClH/c17-16(18,19)11-23-7-6-21-15(23)10-22-8-13(14(20)9-22)12-4-2-1-3-5-12;/h1-7,13-14H,8-11,20H2;1H/t13-,14+;/m0./s1. The molecule has 4 nitrogen and oxygen atoms in total. The highest BCUT2D eigenvalue weighted by atomic mass is 35.5. The quantitative estimate of drug-likeness (QED) is 0.912. The highest BCUT2D eigenvalue weighted by Crippen LogP contribution is 2.27. The van der Waals surface area contributed by atoms with E-state index >= 15 is 0 Å². The number of nitrogens with zero attached hydrogens (tertiary/aromatic N) is 3. The zero-order valence-electron chi connectivity index (χ0n) is 13.0. The van der Waals surface area contributed by atoms with Gasteiger partial charge in [-0.3, -0.25) is 4.90 Å². The minimum absolute atomic E-state index is 0. The Hall–Kier alpha value is -1.57. The first-order chi connectivity index (χ1) is 10.9. The second kappa shape index (κ2) is 7.55. The van der Waals surface area contributed by atoms with Gasteiger partial charge in [0.25, 0.3) is 0 Å². The van der Waals surface area contributed by atoms with E-state index in [1.165, 1.54) is 18.0 Å². The van der Waals surface area contributed by atoms with E-state index in [-0.39, 0.29) is 24.4 Å². The van der Waals surface area contributed by atoms with Gasteiger partial charge in [-0.25, -0.2) is 4.98 Å². The lowest BCUT2D eigenvalue weighted by molar-refractivity contribution is -0.141. The fourth-order valence-electron chi connectivity index (χ4n) is 3.12. The Morgan fingerprint density at radius 2 is 1.88 bits per heavy atom. The zero-order chi connectivity index (χ0) is 16.4. The van der Waals surface area contributed by atoms with Crippen LogP contribution in [-0.4, -0.2) is 39.8 Å². The lowest BCUT2D eigenvalue weighted by Crippen LogP contribution is -2.29. The van der Waals surface area contributed by atoms with Crippen molar-refractivity contribution in [2.45, 2.75) is 31.2 Å². The molecule has 0 radical (unpaired) electrons. The van der Waals surface area contributed by atoms with Gasteiger partial charge in [-0.15, -0.1) is 12.4 Å². The van der Waals surface area contributed by atoms with Gasteiger partial charge < -0.3 is 10.3 Å². The number of halogens is 4. The normalized spacial score (nSPS) is 21.7. The number of nitrogens with two attached hydrogens (primary N) is 1. The third-order valence-electron chi connectivity index (χ3n) is 4.18. The number of hydrogen-bond donors (Lipinski definition) is 1. The van der Waals surface area contributed by atoms with Crippen molar-refractivity contribution < 1.29 is 13.2 Å². The summed E-state index contributed by atoms with van der Waals surface area (Å²) < 4.78 is 38.9. The second-order valence-electron chi connectivity index (χ2n) is 5.96. The van der Waals surface area contributed by atoms with Crippen molar-refractivity contribution in [3.63, 3.8) is 0 Å². The molecule has 1 aromatic carbocycles. The van der Waals surface area contributed by atoms with E-state index in [9.17, 15) is 13.2 Å². The number of alkyl halides is 3. The maximum Gasteiger partial charge on any atom is 0.406 e. The summed E-state index contributed by atoms with van der Waals surface area (Å²) in [6, 6.07) is 9.96. The van der Waals surface area contributed by atoms with E-state index in [4.69, 9.17) is 5.73 Å². The lowest BCUT2D eigenvalue weighted by Gasteiger charge is -2.17. The summed E-state index contributed by atoms with van der Waals surface area (Å²) in [5.41, 5.74) is 7.39. The van der Waals surface area contributed by atoms with E-state index in [0.29, 0.717) is 18.9 Å². The maximum atomic E-state index is 12.6. The summed E-state index contributed by atoms with van der Waals surface area (Å²) in [5, 5.41) is 0. The van der Waals surface area contributed by atoms with Crippen molar-refractivity contribution in [1.29, 1.82) is 0 Å². The van der Waals surface area contributed by atoms with Gasteiger partial charge in [0.15, 0.2) is 0 Å². The number of imidazole rings is 1. The van der Waals surface area contributed by atoms with Crippen LogP contribution in [0.5, 0.6) is 0 Å². The second-order valence-corrected chi connectivity index (χ2v) is 5.96. The first-order valence-electron chi connectivity index (χ1n) is 7.52. The molecule has 0 amide bonds.